The average Bonchev–Trinajstić information content (AvgIpc) is 2.75. The average molecular weight is 239 g/mol. The first-order chi connectivity index (χ1) is 8.07. The summed E-state index contributed by atoms with van der Waals surface area (Å²) in [6.45, 7) is 0.665. The van der Waals surface area contributed by atoms with Gasteiger partial charge in [0.15, 0.2) is 11.2 Å². The molecule has 8 nitrogen and oxygen atoms in total. The Balaban J connectivity index is 2.77. The number of fused-ring (bicyclic) bond motifs is 1. The van der Waals surface area contributed by atoms with Gasteiger partial charge in [0.25, 0.3) is 5.56 Å². The zero-order valence-electron chi connectivity index (χ0n) is 9.58. The van der Waals surface area contributed by atoms with Gasteiger partial charge >= 0.3 is 5.69 Å². The van der Waals surface area contributed by atoms with E-state index in [-0.39, 0.29) is 12.2 Å². The summed E-state index contributed by atoms with van der Waals surface area (Å²) in [5.74, 6) is 4.94. The van der Waals surface area contributed by atoms with Gasteiger partial charge in [0.2, 0.25) is 0 Å². The van der Waals surface area contributed by atoms with E-state index in [4.69, 9.17) is 5.90 Å². The van der Waals surface area contributed by atoms with Crippen LogP contribution in [0, 0.1) is 0 Å². The van der Waals surface area contributed by atoms with Gasteiger partial charge in [-0.05, 0) is 0 Å². The molecule has 0 amide bonds. The molecule has 92 valence electrons. The second kappa shape index (κ2) is 4.15. The molecule has 0 aliphatic heterocycles. The van der Waals surface area contributed by atoms with Gasteiger partial charge in [-0.2, -0.15) is 0 Å². The van der Waals surface area contributed by atoms with Crippen molar-refractivity contribution in [3.8, 4) is 0 Å². The minimum absolute atomic E-state index is 0.261. The van der Waals surface area contributed by atoms with Crippen LogP contribution >= 0.6 is 0 Å². The van der Waals surface area contributed by atoms with Gasteiger partial charge in [0.05, 0.1) is 12.9 Å². The zero-order chi connectivity index (χ0) is 12.6. The molecule has 0 aromatic carbocycles. The number of nitrogens with two attached hydrogens (primary N) is 1. The highest BCUT2D eigenvalue weighted by Gasteiger charge is 2.13. The molecule has 2 aromatic rings. The molecule has 0 spiro atoms. The summed E-state index contributed by atoms with van der Waals surface area (Å²) in [6.07, 6.45) is 1.49. The van der Waals surface area contributed by atoms with Crippen molar-refractivity contribution in [2.45, 2.75) is 6.54 Å². The van der Waals surface area contributed by atoms with Crippen molar-refractivity contribution in [2.75, 3.05) is 6.61 Å². The molecule has 0 radical (unpaired) electrons. The predicted octanol–water partition coefficient (Wildman–Crippen LogP) is -1.68. The highest BCUT2D eigenvalue weighted by atomic mass is 16.6. The van der Waals surface area contributed by atoms with Gasteiger partial charge in [-0.1, -0.05) is 0 Å². The fourth-order valence-corrected chi connectivity index (χ4v) is 1.72. The number of rotatable bonds is 3. The van der Waals surface area contributed by atoms with Crippen LogP contribution in [0.25, 0.3) is 11.2 Å². The maximum absolute atomic E-state index is 12.0. The van der Waals surface area contributed by atoms with Crippen LogP contribution in [-0.4, -0.2) is 25.3 Å². The lowest BCUT2D eigenvalue weighted by Crippen LogP contribution is -2.37. The van der Waals surface area contributed by atoms with E-state index in [1.165, 1.54) is 17.9 Å². The fraction of sp³-hybridized carbons (Fsp3) is 0.444. The van der Waals surface area contributed by atoms with Crippen LogP contribution < -0.4 is 17.1 Å². The van der Waals surface area contributed by atoms with E-state index in [0.717, 1.165) is 4.57 Å². The van der Waals surface area contributed by atoms with E-state index < -0.39 is 5.69 Å². The molecule has 0 aliphatic carbocycles. The lowest BCUT2D eigenvalue weighted by molar-refractivity contribution is 0.130. The molecule has 0 aliphatic rings. The number of aryl methyl sites for hydroxylation is 1. The summed E-state index contributed by atoms with van der Waals surface area (Å²) in [5.41, 5.74) is -0.0535. The Morgan fingerprint density at radius 3 is 2.71 bits per heavy atom. The normalized spacial score (nSPS) is 11.2. The first kappa shape index (κ1) is 11.6. The van der Waals surface area contributed by atoms with Crippen molar-refractivity contribution in [1.82, 2.24) is 18.7 Å². The van der Waals surface area contributed by atoms with Crippen LogP contribution in [0.1, 0.15) is 0 Å². The molecule has 0 saturated carbocycles. The predicted molar refractivity (Wildman–Crippen MR) is 60.4 cm³/mol. The maximum Gasteiger partial charge on any atom is 0.332 e. The van der Waals surface area contributed by atoms with Crippen molar-refractivity contribution in [3.05, 3.63) is 27.2 Å². The Morgan fingerprint density at radius 2 is 2.06 bits per heavy atom. The second-order valence-electron chi connectivity index (χ2n) is 3.69. The molecule has 17 heavy (non-hydrogen) atoms. The monoisotopic (exact) mass is 239 g/mol. The maximum atomic E-state index is 12.0. The summed E-state index contributed by atoms with van der Waals surface area (Å²) in [4.78, 5) is 32.1. The third-order valence-electron chi connectivity index (χ3n) is 2.67. The van der Waals surface area contributed by atoms with Crippen LogP contribution in [-0.2, 0) is 25.5 Å². The van der Waals surface area contributed by atoms with Gasteiger partial charge < -0.3 is 9.40 Å². The van der Waals surface area contributed by atoms with Crippen molar-refractivity contribution in [2.24, 2.45) is 20.0 Å². The van der Waals surface area contributed by atoms with E-state index in [1.54, 1.807) is 11.6 Å². The molecule has 2 N–H and O–H groups in total. The van der Waals surface area contributed by atoms with Crippen molar-refractivity contribution < 1.29 is 4.84 Å². The Morgan fingerprint density at radius 1 is 1.35 bits per heavy atom. The van der Waals surface area contributed by atoms with Gasteiger partial charge in [-0.15, -0.1) is 0 Å². The lowest BCUT2D eigenvalue weighted by atomic mass is 10.5. The Labute approximate surface area is 95.8 Å². The largest absolute Gasteiger partial charge is 0.332 e. The van der Waals surface area contributed by atoms with Gasteiger partial charge in [0, 0.05) is 20.6 Å². The van der Waals surface area contributed by atoms with E-state index in [0.29, 0.717) is 17.7 Å². The summed E-state index contributed by atoms with van der Waals surface area (Å²) in [7, 11) is 3.00. The van der Waals surface area contributed by atoms with Crippen LogP contribution in [0.15, 0.2) is 15.9 Å². The Bertz CT molecular complexity index is 666. The number of hydrogen-bond acceptors (Lipinski definition) is 5. The molecule has 2 heterocycles. The summed E-state index contributed by atoms with van der Waals surface area (Å²) in [6, 6.07) is 0. The third kappa shape index (κ3) is 1.67. The van der Waals surface area contributed by atoms with Crippen molar-refractivity contribution in [3.63, 3.8) is 0 Å². The van der Waals surface area contributed by atoms with E-state index in [1.807, 2.05) is 0 Å². The zero-order valence-corrected chi connectivity index (χ0v) is 9.58. The topological polar surface area (TPSA) is 97.1 Å². The van der Waals surface area contributed by atoms with Crippen molar-refractivity contribution >= 4 is 11.2 Å². The molecule has 2 aromatic heterocycles. The summed E-state index contributed by atoms with van der Waals surface area (Å²) < 4.78 is 3.99. The smallest absolute Gasteiger partial charge is 0.322 e. The Kier molecular flexibility index (Phi) is 2.82. The molecule has 0 bridgehead atoms. The van der Waals surface area contributed by atoms with Gasteiger partial charge in [-0.25, -0.2) is 15.7 Å². The molecular formula is C9H13N5O3. The molecule has 8 heteroatoms. The molecule has 0 atom stereocenters. The van der Waals surface area contributed by atoms with Crippen LogP contribution in [0.3, 0.4) is 0 Å². The third-order valence-corrected chi connectivity index (χ3v) is 2.67. The first-order valence-corrected chi connectivity index (χ1v) is 5.00. The highest BCUT2D eigenvalue weighted by molar-refractivity contribution is 5.69. The van der Waals surface area contributed by atoms with E-state index in [2.05, 4.69) is 9.82 Å². The minimum atomic E-state index is -0.400. The minimum Gasteiger partial charge on any atom is -0.322 e. The highest BCUT2D eigenvalue weighted by Crippen LogP contribution is 2.04. The molecule has 0 fully saturated rings. The Hall–Kier alpha value is -1.93. The molecule has 0 unspecified atom stereocenters. The SMILES string of the molecule is Cn1c(=O)c2c(ncn2CCON)n(C)c1=O. The number of nitrogens with zero attached hydrogens (tertiary/aromatic N) is 4. The summed E-state index contributed by atoms with van der Waals surface area (Å²) >= 11 is 0. The molecule has 0 saturated heterocycles. The van der Waals surface area contributed by atoms with E-state index >= 15 is 0 Å². The lowest BCUT2D eigenvalue weighted by Gasteiger charge is -2.05. The molecular weight excluding hydrogens is 226 g/mol. The summed E-state index contributed by atoms with van der Waals surface area (Å²) in [5, 5.41) is 0. The fourth-order valence-electron chi connectivity index (χ4n) is 1.72. The van der Waals surface area contributed by atoms with Gasteiger partial charge in [0.1, 0.15) is 0 Å². The van der Waals surface area contributed by atoms with Crippen LogP contribution in [0.2, 0.25) is 0 Å². The first-order valence-electron chi connectivity index (χ1n) is 5.00. The van der Waals surface area contributed by atoms with Crippen LogP contribution in [0.5, 0.6) is 0 Å². The number of hydrogen-bond donors (Lipinski definition) is 1. The van der Waals surface area contributed by atoms with Crippen molar-refractivity contribution in [1.29, 1.82) is 0 Å². The number of aromatic nitrogens is 4. The second-order valence-corrected chi connectivity index (χ2v) is 3.69. The van der Waals surface area contributed by atoms with Gasteiger partial charge in [-0.3, -0.25) is 13.9 Å². The van der Waals surface area contributed by atoms with Crippen LogP contribution in [0.4, 0.5) is 0 Å². The van der Waals surface area contributed by atoms with E-state index in [9.17, 15) is 9.59 Å². The number of imidazole rings is 1. The quantitative estimate of drug-likeness (QED) is 0.645. The molecule has 2 rings (SSSR count). The standard InChI is InChI=1S/C9H13N5O3/c1-12-7-6(8(15)13(2)9(12)16)14(5-11-7)3-4-17-10/h5H,3-4,10H2,1-2H3.